The number of azo groups is 1. The lowest BCUT2D eigenvalue weighted by Crippen LogP contribution is -2.26. The van der Waals surface area contributed by atoms with E-state index in [4.69, 9.17) is 28.9 Å². The molecular formula is C43H47Cl2N5O3. The summed E-state index contributed by atoms with van der Waals surface area (Å²) in [5.74, 6) is 0.0871. The van der Waals surface area contributed by atoms with Gasteiger partial charge in [-0.3, -0.25) is 9.59 Å². The highest BCUT2D eigenvalue weighted by molar-refractivity contribution is 6.34. The van der Waals surface area contributed by atoms with Gasteiger partial charge in [0.1, 0.15) is 17.1 Å². The van der Waals surface area contributed by atoms with E-state index >= 15 is 0 Å². The first-order valence-corrected chi connectivity index (χ1v) is 18.2. The fourth-order valence-electron chi connectivity index (χ4n) is 7.08. The number of H-pyrrole nitrogens is 2. The summed E-state index contributed by atoms with van der Waals surface area (Å²) in [5, 5.41) is 23.2. The predicted molar refractivity (Wildman–Crippen MR) is 221 cm³/mol. The van der Waals surface area contributed by atoms with Gasteiger partial charge in [0.15, 0.2) is 0 Å². The molecule has 0 amide bonds. The van der Waals surface area contributed by atoms with Gasteiger partial charge in [-0.25, -0.2) is 0 Å². The number of aromatic amines is 2. The topological polar surface area (TPSA) is 137 Å². The molecule has 4 aromatic carbocycles. The normalized spacial score (nSPS) is 12.4. The van der Waals surface area contributed by atoms with Gasteiger partial charge >= 0.3 is 0 Å². The Morgan fingerprint density at radius 1 is 0.679 bits per heavy atom. The fourth-order valence-corrected chi connectivity index (χ4v) is 7.45. The molecule has 6 aromatic rings. The number of phenolic OH excluding ortho intramolecular Hbond substituents is 1. The van der Waals surface area contributed by atoms with Crippen LogP contribution in [-0.2, 0) is 10.8 Å². The number of nitrogens with zero attached hydrogens (tertiary/aromatic N) is 2. The third-order valence-electron chi connectivity index (χ3n) is 9.56. The number of aryl methyl sites for hydroxylation is 2. The average molecular weight is 753 g/mol. The Kier molecular flexibility index (Phi) is 11.0. The van der Waals surface area contributed by atoms with E-state index < -0.39 is 5.41 Å². The van der Waals surface area contributed by atoms with Crippen molar-refractivity contribution >= 4 is 62.1 Å². The van der Waals surface area contributed by atoms with Gasteiger partial charge in [0.25, 0.3) is 0 Å². The second kappa shape index (κ2) is 14.8. The van der Waals surface area contributed by atoms with Gasteiger partial charge in [-0.2, -0.15) is 0 Å². The molecule has 0 unspecified atom stereocenters. The van der Waals surface area contributed by atoms with Gasteiger partial charge in [0.05, 0.1) is 26.8 Å². The van der Waals surface area contributed by atoms with Gasteiger partial charge in [0.2, 0.25) is 11.1 Å². The predicted octanol–water partition coefficient (Wildman–Crippen LogP) is 11.7. The summed E-state index contributed by atoms with van der Waals surface area (Å²) >= 11 is 12.5. The number of aromatic hydroxyl groups is 1. The second-order valence-electron chi connectivity index (χ2n) is 16.1. The van der Waals surface area contributed by atoms with E-state index in [1.807, 2.05) is 38.1 Å². The maximum absolute atomic E-state index is 12.0. The SMILES string of the molecule is Cc1cc(=O)[nH]c2cc(N)c(Cl)cc12.Cc1cc(=O)[nH]c2cc(N=Nc3cc(C(C)(C)CC(C)(C)C)cc(C(C)(C)c4ccccc4)c3O)c(Cl)cc12. The zero-order chi connectivity index (χ0) is 39.0. The minimum absolute atomic E-state index is 0.0871. The minimum atomic E-state index is -0.485. The van der Waals surface area contributed by atoms with Gasteiger partial charge in [-0.15, -0.1) is 10.2 Å². The highest BCUT2D eigenvalue weighted by atomic mass is 35.5. The van der Waals surface area contributed by atoms with Crippen molar-refractivity contribution < 1.29 is 5.11 Å². The number of halogens is 2. The van der Waals surface area contributed by atoms with Crippen LogP contribution in [-0.4, -0.2) is 15.1 Å². The standard InChI is InChI=1S/C33H38ClN3O2.C10H9ClN2O/c1-20-14-29(38)35-26-18-27(25(34)17-23(20)26)36-37-28-16-22(32(5,6)19-31(2,3)4)15-24(30(28)39)33(7,8)21-12-10-9-11-13-21;1-5-2-10(14)13-9-4-8(12)7(11)3-6(5)9/h9-18,39H,19H2,1-8H3,(H,35,38);2-4H,12H2,1H3,(H,13,14). The monoisotopic (exact) mass is 751 g/mol. The Labute approximate surface area is 320 Å². The zero-order valence-corrected chi connectivity index (χ0v) is 33.2. The quantitative estimate of drug-likeness (QED) is 0.0994. The Morgan fingerprint density at radius 2 is 1.21 bits per heavy atom. The summed E-state index contributed by atoms with van der Waals surface area (Å²) in [6.45, 7) is 19.1. The van der Waals surface area contributed by atoms with Crippen LogP contribution in [0.4, 0.5) is 17.1 Å². The van der Waals surface area contributed by atoms with Crippen LogP contribution < -0.4 is 16.9 Å². The van der Waals surface area contributed by atoms with Crippen molar-refractivity contribution in [3.63, 3.8) is 0 Å². The Balaban J connectivity index is 0.000000322. The summed E-state index contributed by atoms with van der Waals surface area (Å²) in [6, 6.07) is 24.2. The average Bonchev–Trinajstić information content (AvgIpc) is 3.05. The van der Waals surface area contributed by atoms with Crippen LogP contribution in [0.3, 0.4) is 0 Å². The number of anilines is 1. The van der Waals surface area contributed by atoms with Crippen LogP contribution in [0.5, 0.6) is 5.75 Å². The lowest BCUT2D eigenvalue weighted by molar-refractivity contribution is 0.283. The largest absolute Gasteiger partial charge is 0.505 e. The van der Waals surface area contributed by atoms with Crippen molar-refractivity contribution in [2.45, 2.75) is 79.6 Å². The van der Waals surface area contributed by atoms with Gasteiger partial charge < -0.3 is 20.8 Å². The molecule has 2 aromatic heterocycles. The molecule has 53 heavy (non-hydrogen) atoms. The number of nitrogens with one attached hydrogen (secondary N) is 2. The second-order valence-corrected chi connectivity index (χ2v) is 16.9. The number of nitrogens with two attached hydrogens (primary N) is 1. The van der Waals surface area contributed by atoms with Crippen molar-refractivity contribution in [1.82, 2.24) is 9.97 Å². The molecule has 0 saturated heterocycles. The van der Waals surface area contributed by atoms with Gasteiger partial charge in [0, 0.05) is 33.9 Å². The minimum Gasteiger partial charge on any atom is -0.505 e. The van der Waals surface area contributed by atoms with E-state index in [1.54, 1.807) is 30.3 Å². The molecule has 5 N–H and O–H groups in total. The van der Waals surface area contributed by atoms with E-state index in [9.17, 15) is 14.7 Å². The van der Waals surface area contributed by atoms with E-state index in [0.29, 0.717) is 32.6 Å². The van der Waals surface area contributed by atoms with Crippen molar-refractivity contribution in [1.29, 1.82) is 0 Å². The van der Waals surface area contributed by atoms with Crippen LogP contribution in [0.25, 0.3) is 21.8 Å². The van der Waals surface area contributed by atoms with Crippen LogP contribution in [0.1, 0.15) is 82.7 Å². The number of nitrogen functional groups attached to an aromatic ring is 1. The van der Waals surface area contributed by atoms with Gasteiger partial charge in [-0.05, 0) is 83.7 Å². The van der Waals surface area contributed by atoms with E-state index in [-0.39, 0.29) is 27.7 Å². The molecule has 0 saturated carbocycles. The molecule has 6 rings (SSSR count). The molecule has 10 heteroatoms. The fraction of sp³-hybridized carbons (Fsp3) is 0.302. The molecule has 0 bridgehead atoms. The zero-order valence-electron chi connectivity index (χ0n) is 31.7. The van der Waals surface area contributed by atoms with Crippen molar-refractivity contribution in [2.24, 2.45) is 15.6 Å². The smallest absolute Gasteiger partial charge is 0.248 e. The summed E-state index contributed by atoms with van der Waals surface area (Å²) in [4.78, 5) is 28.7. The van der Waals surface area contributed by atoms with Crippen LogP contribution >= 0.6 is 23.2 Å². The summed E-state index contributed by atoms with van der Waals surface area (Å²) in [6.07, 6.45) is 0.940. The molecule has 0 aliphatic rings. The number of aromatic nitrogens is 2. The first-order chi connectivity index (χ1) is 24.7. The lowest BCUT2D eigenvalue weighted by atomic mass is 9.70. The number of pyridine rings is 2. The van der Waals surface area contributed by atoms with E-state index in [2.05, 4.69) is 86.9 Å². The molecule has 8 nitrogen and oxygen atoms in total. The summed E-state index contributed by atoms with van der Waals surface area (Å²) in [7, 11) is 0. The summed E-state index contributed by atoms with van der Waals surface area (Å²) in [5.41, 5.74) is 12.0. The van der Waals surface area contributed by atoms with Crippen LogP contribution in [0, 0.1) is 19.3 Å². The number of rotatable bonds is 6. The van der Waals surface area contributed by atoms with Crippen LogP contribution in [0.15, 0.2) is 98.7 Å². The van der Waals surface area contributed by atoms with Gasteiger partial charge in [-0.1, -0.05) is 108 Å². The highest BCUT2D eigenvalue weighted by Gasteiger charge is 2.33. The molecule has 0 spiro atoms. The number of benzene rings is 4. The molecule has 0 aliphatic heterocycles. The van der Waals surface area contributed by atoms with E-state index in [1.165, 1.54) is 6.07 Å². The number of fused-ring (bicyclic) bond motifs is 2. The third kappa shape index (κ3) is 8.83. The lowest BCUT2D eigenvalue weighted by Gasteiger charge is -2.35. The van der Waals surface area contributed by atoms with Crippen molar-refractivity contribution in [2.75, 3.05) is 5.73 Å². The number of hydrogen-bond acceptors (Lipinski definition) is 6. The van der Waals surface area contributed by atoms with Crippen molar-refractivity contribution in [3.8, 4) is 5.75 Å². The Morgan fingerprint density at radius 3 is 1.77 bits per heavy atom. The molecule has 276 valence electrons. The molecule has 0 radical (unpaired) electrons. The Hall–Kier alpha value is -4.92. The number of phenols is 1. The molecular weight excluding hydrogens is 705 g/mol. The molecule has 0 fully saturated rings. The van der Waals surface area contributed by atoms with Crippen LogP contribution in [0.2, 0.25) is 10.0 Å². The van der Waals surface area contributed by atoms with E-state index in [0.717, 1.165) is 50.5 Å². The molecule has 0 atom stereocenters. The Bertz CT molecular complexity index is 2480. The first kappa shape index (κ1) is 39.3. The maximum Gasteiger partial charge on any atom is 0.248 e. The third-order valence-corrected chi connectivity index (χ3v) is 10.2. The summed E-state index contributed by atoms with van der Waals surface area (Å²) < 4.78 is 0. The molecule has 2 heterocycles. The maximum atomic E-state index is 12.0. The van der Waals surface area contributed by atoms with Crippen molar-refractivity contribution in [3.05, 3.63) is 137 Å². The number of hydrogen-bond donors (Lipinski definition) is 4. The molecule has 0 aliphatic carbocycles. The highest BCUT2D eigenvalue weighted by Crippen LogP contribution is 2.47. The first-order valence-electron chi connectivity index (χ1n) is 17.4.